The van der Waals surface area contributed by atoms with E-state index in [-0.39, 0.29) is 24.8 Å². The van der Waals surface area contributed by atoms with Crippen molar-refractivity contribution in [1.29, 1.82) is 0 Å². The summed E-state index contributed by atoms with van der Waals surface area (Å²) < 4.78 is 6.27. The number of esters is 1. The molecule has 2 aromatic rings. The van der Waals surface area contributed by atoms with Crippen LogP contribution < -0.4 is 5.32 Å². The molecule has 7 heteroatoms. The van der Waals surface area contributed by atoms with Crippen molar-refractivity contribution in [2.75, 3.05) is 13.7 Å². The van der Waals surface area contributed by atoms with Crippen LogP contribution in [-0.2, 0) is 16.6 Å². The Bertz CT molecular complexity index is 595. The minimum atomic E-state index is -0.336. The fourth-order valence-electron chi connectivity index (χ4n) is 1.78. The Morgan fingerprint density at radius 1 is 1.53 bits per heavy atom. The van der Waals surface area contributed by atoms with E-state index in [0.29, 0.717) is 4.88 Å². The summed E-state index contributed by atoms with van der Waals surface area (Å²) in [4.78, 5) is 24.4. The van der Waals surface area contributed by atoms with Gasteiger partial charge in [-0.1, -0.05) is 0 Å². The van der Waals surface area contributed by atoms with Gasteiger partial charge in [-0.2, -0.15) is 5.10 Å². The minimum Gasteiger partial charge on any atom is -0.469 e. The first kappa shape index (κ1) is 13.5. The summed E-state index contributed by atoms with van der Waals surface area (Å²) in [5.74, 6) is -0.513. The summed E-state index contributed by atoms with van der Waals surface area (Å²) in [5, 5.41) is 7.97. The summed E-state index contributed by atoms with van der Waals surface area (Å²) >= 11 is 1.39. The van der Waals surface area contributed by atoms with Gasteiger partial charge in [0.2, 0.25) is 0 Å². The van der Waals surface area contributed by atoms with Crippen LogP contribution in [-0.4, -0.2) is 35.3 Å². The highest BCUT2D eigenvalue weighted by Crippen LogP contribution is 2.27. The normalized spacial score (nSPS) is 10.7. The molecule has 2 aromatic heterocycles. The average molecular weight is 281 g/mol. The van der Waals surface area contributed by atoms with Crippen LogP contribution in [0.3, 0.4) is 0 Å². The molecule has 0 atom stereocenters. The molecule has 0 spiro atoms. The van der Waals surface area contributed by atoms with Gasteiger partial charge in [-0.3, -0.25) is 14.3 Å². The average Bonchev–Trinajstić information content (AvgIpc) is 2.92. The fourth-order valence-corrected chi connectivity index (χ4v) is 2.82. The van der Waals surface area contributed by atoms with E-state index < -0.39 is 0 Å². The van der Waals surface area contributed by atoms with Gasteiger partial charge < -0.3 is 10.1 Å². The van der Waals surface area contributed by atoms with Crippen molar-refractivity contribution in [3.63, 3.8) is 0 Å². The van der Waals surface area contributed by atoms with Crippen LogP contribution in [0.15, 0.2) is 6.07 Å². The van der Waals surface area contributed by atoms with E-state index >= 15 is 0 Å². The Balaban J connectivity index is 2.05. The number of rotatable bonds is 4. The lowest BCUT2D eigenvalue weighted by atomic mass is 10.3. The van der Waals surface area contributed by atoms with Crippen molar-refractivity contribution in [2.24, 2.45) is 7.05 Å². The number of fused-ring (bicyclic) bond motifs is 1. The van der Waals surface area contributed by atoms with Gasteiger partial charge in [-0.25, -0.2) is 0 Å². The number of aryl methyl sites for hydroxylation is 2. The Labute approximate surface area is 114 Å². The molecule has 6 nitrogen and oxygen atoms in total. The first-order chi connectivity index (χ1) is 9.02. The van der Waals surface area contributed by atoms with Crippen LogP contribution in [0.5, 0.6) is 0 Å². The second-order valence-electron chi connectivity index (χ2n) is 4.12. The fraction of sp³-hybridized carbons (Fsp3) is 0.417. The van der Waals surface area contributed by atoms with Gasteiger partial charge in [0, 0.05) is 19.0 Å². The maximum absolute atomic E-state index is 11.9. The van der Waals surface area contributed by atoms with E-state index in [0.717, 1.165) is 15.9 Å². The van der Waals surface area contributed by atoms with Gasteiger partial charge in [0.25, 0.3) is 5.91 Å². The van der Waals surface area contributed by atoms with E-state index in [1.807, 2.05) is 20.0 Å². The molecular formula is C12H15N3O3S. The largest absolute Gasteiger partial charge is 0.469 e. The highest BCUT2D eigenvalue weighted by atomic mass is 32.1. The van der Waals surface area contributed by atoms with E-state index in [9.17, 15) is 9.59 Å². The molecule has 0 aliphatic heterocycles. The number of nitrogens with zero attached hydrogens (tertiary/aromatic N) is 2. The van der Waals surface area contributed by atoms with Crippen LogP contribution >= 0.6 is 11.3 Å². The first-order valence-electron chi connectivity index (χ1n) is 5.81. The number of hydrogen-bond acceptors (Lipinski definition) is 5. The Morgan fingerprint density at radius 2 is 2.26 bits per heavy atom. The predicted octanol–water partition coefficient (Wildman–Crippen LogP) is 1.24. The quantitative estimate of drug-likeness (QED) is 0.856. The van der Waals surface area contributed by atoms with Crippen LogP contribution in [0.25, 0.3) is 10.2 Å². The van der Waals surface area contributed by atoms with Crippen molar-refractivity contribution in [1.82, 2.24) is 15.1 Å². The van der Waals surface area contributed by atoms with Gasteiger partial charge >= 0.3 is 5.97 Å². The second kappa shape index (κ2) is 5.40. The number of nitrogens with one attached hydrogen (secondary N) is 1. The topological polar surface area (TPSA) is 73.2 Å². The second-order valence-corrected chi connectivity index (χ2v) is 5.15. The molecule has 0 bridgehead atoms. The third-order valence-electron chi connectivity index (χ3n) is 2.76. The molecule has 0 aliphatic rings. The Hall–Kier alpha value is -1.89. The summed E-state index contributed by atoms with van der Waals surface area (Å²) in [6.45, 7) is 2.19. The van der Waals surface area contributed by atoms with Crippen molar-refractivity contribution in [2.45, 2.75) is 13.3 Å². The monoisotopic (exact) mass is 281 g/mol. The molecule has 0 aromatic carbocycles. The number of ether oxygens (including phenoxy) is 1. The van der Waals surface area contributed by atoms with Crippen LogP contribution in [0.2, 0.25) is 0 Å². The third-order valence-corrected chi connectivity index (χ3v) is 3.96. The van der Waals surface area contributed by atoms with Crippen molar-refractivity contribution in [3.05, 3.63) is 16.6 Å². The lowest BCUT2D eigenvalue weighted by Gasteiger charge is -2.02. The number of carbonyl (C=O) groups excluding carboxylic acids is 2. The number of thiophene rings is 1. The summed E-state index contributed by atoms with van der Waals surface area (Å²) in [7, 11) is 3.18. The molecule has 19 heavy (non-hydrogen) atoms. The smallest absolute Gasteiger partial charge is 0.307 e. The molecule has 0 saturated heterocycles. The van der Waals surface area contributed by atoms with E-state index in [4.69, 9.17) is 0 Å². The van der Waals surface area contributed by atoms with Gasteiger partial charge in [-0.15, -0.1) is 11.3 Å². The van der Waals surface area contributed by atoms with Gasteiger partial charge in [-0.05, 0) is 13.0 Å². The van der Waals surface area contributed by atoms with E-state index in [1.54, 1.807) is 4.68 Å². The molecule has 0 fully saturated rings. The highest BCUT2D eigenvalue weighted by Gasteiger charge is 2.14. The molecule has 1 amide bonds. The van der Waals surface area contributed by atoms with Gasteiger partial charge in [0.1, 0.15) is 4.83 Å². The molecule has 0 unspecified atom stereocenters. The maximum atomic E-state index is 11.9. The van der Waals surface area contributed by atoms with Crippen LogP contribution in [0.4, 0.5) is 0 Å². The van der Waals surface area contributed by atoms with Gasteiger partial charge in [0.15, 0.2) is 0 Å². The molecule has 102 valence electrons. The maximum Gasteiger partial charge on any atom is 0.307 e. The lowest BCUT2D eigenvalue weighted by molar-refractivity contribution is -0.140. The molecule has 2 rings (SSSR count). The van der Waals surface area contributed by atoms with E-state index in [2.05, 4.69) is 15.2 Å². The summed E-state index contributed by atoms with van der Waals surface area (Å²) in [6, 6.07) is 1.83. The highest BCUT2D eigenvalue weighted by molar-refractivity contribution is 7.20. The zero-order valence-electron chi connectivity index (χ0n) is 11.0. The summed E-state index contributed by atoms with van der Waals surface area (Å²) in [6.07, 6.45) is 0.174. The molecule has 0 saturated carbocycles. The summed E-state index contributed by atoms with van der Waals surface area (Å²) in [5.41, 5.74) is 0.905. The van der Waals surface area contributed by atoms with Crippen molar-refractivity contribution in [3.8, 4) is 0 Å². The Kier molecular flexibility index (Phi) is 3.84. The van der Waals surface area contributed by atoms with Crippen molar-refractivity contribution >= 4 is 33.4 Å². The SMILES string of the molecule is COC(=O)CCNC(=O)c1cc2c(C)nn(C)c2s1. The number of aromatic nitrogens is 2. The molecule has 0 radical (unpaired) electrons. The Morgan fingerprint density at radius 3 is 2.89 bits per heavy atom. The van der Waals surface area contributed by atoms with Crippen LogP contribution in [0, 0.1) is 6.92 Å². The molecule has 0 aliphatic carbocycles. The van der Waals surface area contributed by atoms with Crippen molar-refractivity contribution < 1.29 is 14.3 Å². The van der Waals surface area contributed by atoms with Gasteiger partial charge in [0.05, 0.1) is 24.1 Å². The van der Waals surface area contributed by atoms with Crippen LogP contribution in [0.1, 0.15) is 21.8 Å². The number of amides is 1. The zero-order valence-corrected chi connectivity index (χ0v) is 11.8. The standard InChI is InChI=1S/C12H15N3O3S/c1-7-8-6-9(19-12(8)15(2)14-7)11(17)13-5-4-10(16)18-3/h6H,4-5H2,1-3H3,(H,13,17). The molecule has 2 heterocycles. The number of hydrogen-bond donors (Lipinski definition) is 1. The predicted molar refractivity (Wildman–Crippen MR) is 72.3 cm³/mol. The minimum absolute atomic E-state index is 0.174. The first-order valence-corrected chi connectivity index (χ1v) is 6.62. The molecule has 1 N–H and O–H groups in total. The lowest BCUT2D eigenvalue weighted by Crippen LogP contribution is -2.25. The molecular weight excluding hydrogens is 266 g/mol. The number of methoxy groups -OCH3 is 1. The number of carbonyl (C=O) groups is 2. The van der Waals surface area contributed by atoms with E-state index in [1.165, 1.54) is 18.4 Å². The zero-order chi connectivity index (χ0) is 14.0. The third kappa shape index (κ3) is 2.76.